The number of fused-ring (bicyclic) bond motifs is 2. The van der Waals surface area contributed by atoms with Crippen molar-refractivity contribution in [3.05, 3.63) is 28.8 Å². The molecule has 0 spiro atoms. The Bertz CT molecular complexity index is 405. The van der Waals surface area contributed by atoms with Gasteiger partial charge in [0.25, 0.3) is 0 Å². The maximum Gasteiger partial charge on any atom is 0.0642 e. The van der Waals surface area contributed by atoms with Gasteiger partial charge in [-0.2, -0.15) is 0 Å². The molecular formula is C13H17ClN2. The molecule has 2 heterocycles. The van der Waals surface area contributed by atoms with Gasteiger partial charge in [-0.1, -0.05) is 23.7 Å². The van der Waals surface area contributed by atoms with Gasteiger partial charge >= 0.3 is 0 Å². The van der Waals surface area contributed by atoms with E-state index in [9.17, 15) is 0 Å². The number of nitrogens with one attached hydrogen (secondary N) is 1. The molecule has 2 atom stereocenters. The third-order valence-electron chi connectivity index (χ3n) is 3.99. The van der Waals surface area contributed by atoms with Gasteiger partial charge in [0.2, 0.25) is 0 Å². The number of para-hydroxylation sites is 1. The molecule has 16 heavy (non-hydrogen) atoms. The molecule has 0 aliphatic carbocycles. The second-order valence-electron chi connectivity index (χ2n) is 4.88. The fraction of sp³-hybridized carbons (Fsp3) is 0.538. The van der Waals surface area contributed by atoms with E-state index < -0.39 is 0 Å². The lowest BCUT2D eigenvalue weighted by molar-refractivity contribution is 0.303. The van der Waals surface area contributed by atoms with Gasteiger partial charge in [0, 0.05) is 19.6 Å². The minimum Gasteiger partial charge on any atom is -0.369 e. The minimum absolute atomic E-state index is 0.612. The number of hydrogen-bond donors (Lipinski definition) is 1. The van der Waals surface area contributed by atoms with Crippen LogP contribution in [-0.4, -0.2) is 26.2 Å². The summed E-state index contributed by atoms with van der Waals surface area (Å²) >= 11 is 6.31. The van der Waals surface area contributed by atoms with Gasteiger partial charge in [-0.3, -0.25) is 0 Å². The van der Waals surface area contributed by atoms with Crippen LogP contribution in [0.25, 0.3) is 0 Å². The SMILES string of the molecule is CN1c2c(Cl)cccc2CC2CCNCC21. The maximum absolute atomic E-state index is 6.31. The average molecular weight is 237 g/mol. The summed E-state index contributed by atoms with van der Waals surface area (Å²) in [5, 5.41) is 4.37. The van der Waals surface area contributed by atoms with Crippen molar-refractivity contribution in [3.63, 3.8) is 0 Å². The standard InChI is InChI=1S/C13H17ClN2/c1-16-12-8-15-6-5-9(12)7-10-3-2-4-11(14)13(10)16/h2-4,9,12,15H,5-8H2,1H3. The first-order valence-corrected chi connectivity index (χ1v) is 6.36. The number of likely N-dealkylation sites (N-methyl/N-ethyl adjacent to an activating group) is 1. The predicted octanol–water partition coefficient (Wildman–Crippen LogP) is 2.31. The zero-order chi connectivity index (χ0) is 11.1. The summed E-state index contributed by atoms with van der Waals surface area (Å²) < 4.78 is 0. The van der Waals surface area contributed by atoms with Crippen molar-refractivity contribution in [2.45, 2.75) is 18.9 Å². The van der Waals surface area contributed by atoms with Gasteiger partial charge in [-0.25, -0.2) is 0 Å². The third-order valence-corrected chi connectivity index (χ3v) is 4.30. The highest BCUT2D eigenvalue weighted by molar-refractivity contribution is 6.33. The molecule has 0 bridgehead atoms. The van der Waals surface area contributed by atoms with E-state index in [4.69, 9.17) is 11.6 Å². The van der Waals surface area contributed by atoms with E-state index in [-0.39, 0.29) is 0 Å². The lowest BCUT2D eigenvalue weighted by Crippen LogP contribution is -2.53. The second-order valence-corrected chi connectivity index (χ2v) is 5.29. The predicted molar refractivity (Wildman–Crippen MR) is 68.3 cm³/mol. The van der Waals surface area contributed by atoms with Crippen molar-refractivity contribution < 1.29 is 0 Å². The number of piperidine rings is 1. The highest BCUT2D eigenvalue weighted by Crippen LogP contribution is 2.39. The summed E-state index contributed by atoms with van der Waals surface area (Å²) in [6.45, 7) is 2.25. The van der Waals surface area contributed by atoms with E-state index in [2.05, 4.69) is 29.4 Å². The van der Waals surface area contributed by atoms with Crippen LogP contribution in [0.3, 0.4) is 0 Å². The van der Waals surface area contributed by atoms with E-state index in [0.29, 0.717) is 6.04 Å². The zero-order valence-corrected chi connectivity index (χ0v) is 10.3. The summed E-state index contributed by atoms with van der Waals surface area (Å²) in [5.41, 5.74) is 2.66. The molecule has 0 saturated carbocycles. The molecule has 0 aromatic heterocycles. The van der Waals surface area contributed by atoms with E-state index in [0.717, 1.165) is 24.0 Å². The van der Waals surface area contributed by atoms with Crippen molar-refractivity contribution in [2.75, 3.05) is 25.0 Å². The first-order valence-electron chi connectivity index (χ1n) is 5.98. The lowest BCUT2D eigenvalue weighted by atomic mass is 9.82. The fourth-order valence-corrected chi connectivity index (χ4v) is 3.48. The molecule has 2 nitrogen and oxygen atoms in total. The molecule has 0 radical (unpaired) electrons. The largest absolute Gasteiger partial charge is 0.369 e. The number of hydrogen-bond acceptors (Lipinski definition) is 2. The first-order chi connectivity index (χ1) is 7.77. The molecule has 1 aromatic carbocycles. The maximum atomic E-state index is 6.31. The van der Waals surface area contributed by atoms with E-state index >= 15 is 0 Å². The molecule has 2 aliphatic heterocycles. The topological polar surface area (TPSA) is 15.3 Å². The van der Waals surface area contributed by atoms with Crippen LogP contribution in [0.4, 0.5) is 5.69 Å². The number of anilines is 1. The average Bonchev–Trinajstić information content (AvgIpc) is 2.29. The third kappa shape index (κ3) is 1.52. The first kappa shape index (κ1) is 10.4. The zero-order valence-electron chi connectivity index (χ0n) is 9.54. The Morgan fingerprint density at radius 1 is 1.44 bits per heavy atom. The molecule has 3 rings (SSSR count). The highest BCUT2D eigenvalue weighted by atomic mass is 35.5. The molecule has 1 fully saturated rings. The van der Waals surface area contributed by atoms with E-state index in [1.807, 2.05) is 6.07 Å². The monoisotopic (exact) mass is 236 g/mol. The van der Waals surface area contributed by atoms with Gasteiger partial charge in [0.1, 0.15) is 0 Å². The summed E-state index contributed by atoms with van der Waals surface area (Å²) in [7, 11) is 2.18. The molecule has 1 saturated heterocycles. The summed E-state index contributed by atoms with van der Waals surface area (Å²) in [6, 6.07) is 6.89. The molecule has 1 N–H and O–H groups in total. The molecule has 86 valence electrons. The van der Waals surface area contributed by atoms with Crippen molar-refractivity contribution in [1.29, 1.82) is 0 Å². The molecule has 2 aliphatic rings. The summed E-state index contributed by atoms with van der Waals surface area (Å²) in [4.78, 5) is 2.37. The van der Waals surface area contributed by atoms with Crippen molar-refractivity contribution in [3.8, 4) is 0 Å². The van der Waals surface area contributed by atoms with Gasteiger partial charge in [0.05, 0.1) is 10.7 Å². The number of halogens is 1. The van der Waals surface area contributed by atoms with Crippen molar-refractivity contribution >= 4 is 17.3 Å². The number of nitrogens with zero attached hydrogens (tertiary/aromatic N) is 1. The second kappa shape index (κ2) is 3.94. The van der Waals surface area contributed by atoms with Crippen LogP contribution in [0.1, 0.15) is 12.0 Å². The number of rotatable bonds is 0. The molecule has 2 unspecified atom stereocenters. The smallest absolute Gasteiger partial charge is 0.0642 e. The van der Waals surface area contributed by atoms with Gasteiger partial charge in [-0.05, 0) is 36.9 Å². The number of benzene rings is 1. The van der Waals surface area contributed by atoms with Crippen LogP contribution in [0.2, 0.25) is 5.02 Å². The van der Waals surface area contributed by atoms with Crippen molar-refractivity contribution in [1.82, 2.24) is 5.32 Å². The molecule has 0 amide bonds. The summed E-state index contributed by atoms with van der Waals surface area (Å²) in [5.74, 6) is 0.789. The fourth-order valence-electron chi connectivity index (χ4n) is 3.16. The van der Waals surface area contributed by atoms with Crippen LogP contribution < -0.4 is 10.2 Å². The Hall–Kier alpha value is -0.730. The Labute approximate surface area is 102 Å². The van der Waals surface area contributed by atoms with Crippen LogP contribution in [0.15, 0.2) is 18.2 Å². The summed E-state index contributed by atoms with van der Waals surface area (Å²) in [6.07, 6.45) is 2.47. The van der Waals surface area contributed by atoms with Crippen LogP contribution in [0, 0.1) is 5.92 Å². The van der Waals surface area contributed by atoms with Crippen LogP contribution in [0.5, 0.6) is 0 Å². The van der Waals surface area contributed by atoms with Gasteiger partial charge in [-0.15, -0.1) is 0 Å². The Morgan fingerprint density at radius 3 is 3.19 bits per heavy atom. The van der Waals surface area contributed by atoms with E-state index in [1.54, 1.807) is 0 Å². The van der Waals surface area contributed by atoms with E-state index in [1.165, 1.54) is 24.1 Å². The molecule has 1 aromatic rings. The highest BCUT2D eigenvalue weighted by Gasteiger charge is 2.34. The Morgan fingerprint density at radius 2 is 2.31 bits per heavy atom. The normalized spacial score (nSPS) is 28.5. The quantitative estimate of drug-likeness (QED) is 0.744. The molecule has 3 heteroatoms. The van der Waals surface area contributed by atoms with Crippen molar-refractivity contribution in [2.24, 2.45) is 5.92 Å². The minimum atomic E-state index is 0.612. The molecular weight excluding hydrogens is 220 g/mol. The van der Waals surface area contributed by atoms with Gasteiger partial charge in [0.15, 0.2) is 0 Å². The van der Waals surface area contributed by atoms with Crippen LogP contribution in [-0.2, 0) is 6.42 Å². The van der Waals surface area contributed by atoms with Crippen LogP contribution >= 0.6 is 11.6 Å². The Kier molecular flexibility index (Phi) is 2.56. The van der Waals surface area contributed by atoms with Gasteiger partial charge < -0.3 is 10.2 Å². The Balaban J connectivity index is 2.03. The lowest BCUT2D eigenvalue weighted by Gasteiger charge is -2.44.